The third-order valence-corrected chi connectivity index (χ3v) is 6.01. The van der Waals surface area contributed by atoms with Crippen LogP contribution in [0, 0.1) is 25.7 Å². The van der Waals surface area contributed by atoms with Crippen LogP contribution in [0.4, 0.5) is 16.4 Å². The maximum atomic E-state index is 12.3. The highest BCUT2D eigenvalue weighted by Crippen LogP contribution is 2.29. The van der Waals surface area contributed by atoms with Crippen molar-refractivity contribution in [2.24, 2.45) is 0 Å². The van der Waals surface area contributed by atoms with E-state index in [2.05, 4.69) is 27.1 Å². The number of hydrogen-bond acceptors (Lipinski definition) is 7. The number of anilines is 2. The number of nitrogens with one attached hydrogen (secondary N) is 1. The van der Waals surface area contributed by atoms with Gasteiger partial charge in [0.25, 0.3) is 0 Å². The van der Waals surface area contributed by atoms with Gasteiger partial charge in [0, 0.05) is 48.2 Å². The lowest BCUT2D eigenvalue weighted by Crippen LogP contribution is -2.44. The van der Waals surface area contributed by atoms with Crippen molar-refractivity contribution < 1.29 is 14.3 Å². The van der Waals surface area contributed by atoms with E-state index in [4.69, 9.17) is 15.2 Å². The number of aromatic nitrogens is 2. The zero-order valence-electron chi connectivity index (χ0n) is 22.7. The summed E-state index contributed by atoms with van der Waals surface area (Å²) in [5, 5.41) is 3.38. The van der Waals surface area contributed by atoms with Gasteiger partial charge in [-0.15, -0.1) is 0 Å². The Hall–Kier alpha value is -4.25. The Morgan fingerprint density at radius 2 is 1.74 bits per heavy atom. The summed E-state index contributed by atoms with van der Waals surface area (Å²) in [5.74, 6) is 8.07. The number of carbonyl (C=O) groups is 1. The first kappa shape index (κ1) is 26.8. The number of carbonyl (C=O) groups excluding carboxylic acids is 1. The van der Waals surface area contributed by atoms with Crippen molar-refractivity contribution in [3.05, 3.63) is 70.9 Å². The third-order valence-electron chi connectivity index (χ3n) is 6.01. The van der Waals surface area contributed by atoms with Gasteiger partial charge in [-0.2, -0.15) is 4.98 Å². The fourth-order valence-electron chi connectivity index (χ4n) is 4.23. The van der Waals surface area contributed by atoms with Gasteiger partial charge in [-0.3, -0.25) is 0 Å². The van der Waals surface area contributed by atoms with E-state index in [0.29, 0.717) is 30.6 Å². The van der Waals surface area contributed by atoms with E-state index < -0.39 is 5.60 Å². The van der Waals surface area contributed by atoms with Crippen molar-refractivity contribution in [1.29, 1.82) is 0 Å². The average molecular weight is 514 g/mol. The summed E-state index contributed by atoms with van der Waals surface area (Å²) in [6.07, 6.45) is 2.97. The van der Waals surface area contributed by atoms with E-state index in [1.54, 1.807) is 17.2 Å². The molecule has 198 valence electrons. The van der Waals surface area contributed by atoms with Crippen LogP contribution in [0.25, 0.3) is 0 Å². The molecule has 1 aliphatic rings. The number of nitrogens with zero attached hydrogens (tertiary/aromatic N) is 3. The number of likely N-dealkylation sites (tertiary alicyclic amines) is 1. The molecule has 1 amide bonds. The predicted octanol–water partition coefficient (Wildman–Crippen LogP) is 5.68. The van der Waals surface area contributed by atoms with E-state index in [1.807, 2.05) is 71.0 Å². The Morgan fingerprint density at radius 3 is 2.39 bits per heavy atom. The van der Waals surface area contributed by atoms with Crippen LogP contribution >= 0.6 is 0 Å². The molecule has 3 N–H and O–H groups in total. The van der Waals surface area contributed by atoms with Gasteiger partial charge in [0.05, 0.1) is 0 Å². The van der Waals surface area contributed by atoms with Crippen LogP contribution < -0.4 is 15.8 Å². The van der Waals surface area contributed by atoms with Gasteiger partial charge in [0.2, 0.25) is 11.8 Å². The number of benzene rings is 2. The summed E-state index contributed by atoms with van der Waals surface area (Å²) in [6.45, 7) is 10.8. The molecule has 0 radical (unpaired) electrons. The van der Waals surface area contributed by atoms with Crippen molar-refractivity contribution in [2.45, 2.75) is 59.1 Å². The molecule has 1 fully saturated rings. The molecule has 2 heterocycles. The highest BCUT2D eigenvalue weighted by Gasteiger charge is 2.27. The Kier molecular flexibility index (Phi) is 8.06. The molecule has 0 aliphatic carbocycles. The van der Waals surface area contributed by atoms with Gasteiger partial charge in [-0.1, -0.05) is 17.9 Å². The standard InChI is InChI=1S/C30H35N5O3/c1-20-17-23(10-9-22-7-6-8-24(31)19-22)18-21(2)27(20)37-26-11-14-32-28(34-26)33-25-12-15-35(16-13-25)29(36)38-30(3,4)5/h6-8,11,14,17-19,25H,12-13,15-16,31H2,1-5H3,(H,32,33,34). The second-order valence-electron chi connectivity index (χ2n) is 10.5. The Morgan fingerprint density at radius 1 is 1.05 bits per heavy atom. The predicted molar refractivity (Wildman–Crippen MR) is 149 cm³/mol. The minimum Gasteiger partial charge on any atom is -0.444 e. The first-order chi connectivity index (χ1) is 18.1. The largest absolute Gasteiger partial charge is 0.444 e. The number of aryl methyl sites for hydroxylation is 2. The van der Waals surface area contributed by atoms with Gasteiger partial charge in [0.15, 0.2) is 0 Å². The van der Waals surface area contributed by atoms with E-state index in [-0.39, 0.29) is 12.1 Å². The highest BCUT2D eigenvalue weighted by atomic mass is 16.6. The summed E-state index contributed by atoms with van der Waals surface area (Å²) in [6, 6.07) is 13.4. The fourth-order valence-corrected chi connectivity index (χ4v) is 4.23. The van der Waals surface area contributed by atoms with Crippen molar-refractivity contribution in [1.82, 2.24) is 14.9 Å². The Labute approximate surface area is 224 Å². The minimum atomic E-state index is -0.498. The smallest absolute Gasteiger partial charge is 0.410 e. The zero-order chi connectivity index (χ0) is 27.3. The van der Waals surface area contributed by atoms with Crippen LogP contribution in [0.1, 0.15) is 55.9 Å². The monoisotopic (exact) mass is 513 g/mol. The van der Waals surface area contributed by atoms with Crippen molar-refractivity contribution in [3.63, 3.8) is 0 Å². The van der Waals surface area contributed by atoms with Gasteiger partial charge in [-0.05, 0) is 88.9 Å². The maximum Gasteiger partial charge on any atom is 0.410 e. The lowest BCUT2D eigenvalue weighted by Gasteiger charge is -2.33. The molecule has 8 heteroatoms. The zero-order valence-corrected chi connectivity index (χ0v) is 22.7. The minimum absolute atomic E-state index is 0.158. The average Bonchev–Trinajstić information content (AvgIpc) is 2.85. The van der Waals surface area contributed by atoms with E-state index in [1.165, 1.54) is 0 Å². The molecule has 3 aromatic rings. The van der Waals surface area contributed by atoms with Crippen LogP contribution in [-0.2, 0) is 4.74 Å². The van der Waals surface area contributed by atoms with Crippen molar-refractivity contribution in [2.75, 3.05) is 24.1 Å². The van der Waals surface area contributed by atoms with Gasteiger partial charge in [-0.25, -0.2) is 9.78 Å². The second kappa shape index (κ2) is 11.4. The van der Waals surface area contributed by atoms with Crippen LogP contribution in [0.3, 0.4) is 0 Å². The van der Waals surface area contributed by atoms with E-state index in [0.717, 1.165) is 40.8 Å². The van der Waals surface area contributed by atoms with Gasteiger partial charge >= 0.3 is 6.09 Å². The molecule has 0 unspecified atom stereocenters. The third kappa shape index (κ3) is 7.39. The normalized spacial score (nSPS) is 13.9. The molecule has 1 aliphatic heterocycles. The number of rotatable bonds is 4. The number of nitrogen functional groups attached to an aromatic ring is 1. The number of hydrogen-bond donors (Lipinski definition) is 2. The summed E-state index contributed by atoms with van der Waals surface area (Å²) >= 11 is 0. The molecule has 4 rings (SSSR count). The lowest BCUT2D eigenvalue weighted by atomic mass is 10.1. The molecule has 0 atom stereocenters. The number of ether oxygens (including phenoxy) is 2. The van der Waals surface area contributed by atoms with Crippen LogP contribution in [0.2, 0.25) is 0 Å². The summed E-state index contributed by atoms with van der Waals surface area (Å²) in [7, 11) is 0. The van der Waals surface area contributed by atoms with E-state index >= 15 is 0 Å². The molecule has 1 aromatic heterocycles. The molecule has 8 nitrogen and oxygen atoms in total. The molecule has 0 spiro atoms. The van der Waals surface area contributed by atoms with Crippen LogP contribution in [-0.4, -0.2) is 45.7 Å². The van der Waals surface area contributed by atoms with Crippen molar-refractivity contribution >= 4 is 17.7 Å². The van der Waals surface area contributed by atoms with Gasteiger partial charge < -0.3 is 25.4 Å². The summed E-state index contributed by atoms with van der Waals surface area (Å²) < 4.78 is 11.7. The SMILES string of the molecule is Cc1cc(C#Cc2cccc(N)c2)cc(C)c1Oc1ccnc(NC2CCN(C(=O)OC(C)(C)C)CC2)n1. The topological polar surface area (TPSA) is 103 Å². The summed E-state index contributed by atoms with van der Waals surface area (Å²) in [4.78, 5) is 23.0. The molecule has 38 heavy (non-hydrogen) atoms. The molecular weight excluding hydrogens is 478 g/mol. The Bertz CT molecular complexity index is 1340. The van der Waals surface area contributed by atoms with E-state index in [9.17, 15) is 4.79 Å². The quantitative estimate of drug-likeness (QED) is 0.342. The lowest BCUT2D eigenvalue weighted by molar-refractivity contribution is 0.0210. The second-order valence-corrected chi connectivity index (χ2v) is 10.5. The summed E-state index contributed by atoms with van der Waals surface area (Å²) in [5.41, 5.74) is 9.74. The van der Waals surface area contributed by atoms with Gasteiger partial charge in [0.1, 0.15) is 11.4 Å². The van der Waals surface area contributed by atoms with Crippen molar-refractivity contribution in [3.8, 4) is 23.5 Å². The first-order valence-electron chi connectivity index (χ1n) is 12.8. The number of nitrogens with two attached hydrogens (primary N) is 1. The maximum absolute atomic E-state index is 12.3. The first-order valence-corrected chi connectivity index (χ1v) is 12.8. The number of piperidine rings is 1. The molecule has 0 bridgehead atoms. The number of amides is 1. The van der Waals surface area contributed by atoms with Crippen LogP contribution in [0.15, 0.2) is 48.7 Å². The molecule has 0 saturated carbocycles. The van der Waals surface area contributed by atoms with Crippen LogP contribution in [0.5, 0.6) is 11.6 Å². The molecule has 1 saturated heterocycles. The molecule has 2 aromatic carbocycles. The fraction of sp³-hybridized carbons (Fsp3) is 0.367. The molecular formula is C30H35N5O3. The highest BCUT2D eigenvalue weighted by molar-refractivity contribution is 5.68. The Balaban J connectivity index is 1.38.